The summed E-state index contributed by atoms with van der Waals surface area (Å²) >= 11 is 0. The Bertz CT molecular complexity index is 1150. The maximum atomic E-state index is 12.5. The zero-order chi connectivity index (χ0) is 21.9. The number of aromatic nitrogens is 2. The van der Waals surface area contributed by atoms with Gasteiger partial charge in [0.2, 0.25) is 27.6 Å². The minimum atomic E-state index is -3.66. The largest absolute Gasteiger partial charge is 0.345 e. The lowest BCUT2D eigenvalue weighted by Crippen LogP contribution is -2.40. The molecule has 0 spiro atoms. The Balaban J connectivity index is 1.70. The minimum absolute atomic E-state index is 0.00199. The minimum Gasteiger partial charge on any atom is -0.345 e. The van der Waals surface area contributed by atoms with Crippen LogP contribution >= 0.6 is 0 Å². The number of aryl methyl sites for hydroxylation is 3. The molecule has 0 fully saturated rings. The van der Waals surface area contributed by atoms with E-state index in [1.54, 1.807) is 0 Å². The Kier molecular flexibility index (Phi) is 6.21. The number of rotatable bonds is 7. The van der Waals surface area contributed by atoms with Gasteiger partial charge in [0.1, 0.15) is 6.54 Å². The van der Waals surface area contributed by atoms with Crippen molar-refractivity contribution in [2.24, 2.45) is 0 Å². The van der Waals surface area contributed by atoms with Crippen molar-refractivity contribution in [2.75, 3.05) is 17.1 Å². The van der Waals surface area contributed by atoms with Crippen molar-refractivity contribution in [2.45, 2.75) is 27.3 Å². The first-order chi connectivity index (χ1) is 14.1. The summed E-state index contributed by atoms with van der Waals surface area (Å²) in [6, 6.07) is 13.1. The molecular weight excluding hydrogens is 404 g/mol. The molecule has 2 aromatic carbocycles. The molecule has 0 aliphatic heterocycles. The highest BCUT2D eigenvalue weighted by atomic mass is 32.2. The molecule has 158 valence electrons. The van der Waals surface area contributed by atoms with Crippen LogP contribution in [0.3, 0.4) is 0 Å². The van der Waals surface area contributed by atoms with Gasteiger partial charge in [-0.05, 0) is 38.0 Å². The molecule has 1 amide bonds. The van der Waals surface area contributed by atoms with Crippen molar-refractivity contribution in [1.29, 1.82) is 0 Å². The first kappa shape index (κ1) is 21.5. The number of amides is 1. The molecule has 9 heteroatoms. The van der Waals surface area contributed by atoms with Crippen LogP contribution < -0.4 is 9.62 Å². The Morgan fingerprint density at radius 3 is 2.40 bits per heavy atom. The zero-order valence-corrected chi connectivity index (χ0v) is 18.2. The maximum Gasteiger partial charge on any atom is 0.246 e. The predicted molar refractivity (Wildman–Crippen MR) is 114 cm³/mol. The van der Waals surface area contributed by atoms with E-state index >= 15 is 0 Å². The van der Waals surface area contributed by atoms with Crippen LogP contribution in [0.25, 0.3) is 11.4 Å². The molecule has 30 heavy (non-hydrogen) atoms. The molecule has 3 aromatic rings. The third kappa shape index (κ3) is 5.04. The Labute approximate surface area is 176 Å². The second-order valence-electron chi connectivity index (χ2n) is 7.17. The van der Waals surface area contributed by atoms with Crippen LogP contribution in [0.15, 0.2) is 47.0 Å². The van der Waals surface area contributed by atoms with Gasteiger partial charge in [-0.25, -0.2) is 8.42 Å². The lowest BCUT2D eigenvalue weighted by atomic mass is 10.1. The van der Waals surface area contributed by atoms with Crippen molar-refractivity contribution in [3.05, 3.63) is 65.0 Å². The topological polar surface area (TPSA) is 105 Å². The SMILES string of the molecule is Cc1cccc(-c2noc(CNC(=O)CN(c3c(C)cccc3C)S(C)(=O)=O)n2)c1. The summed E-state index contributed by atoms with van der Waals surface area (Å²) in [7, 11) is -3.66. The fraction of sp³-hybridized carbons (Fsp3) is 0.286. The first-order valence-corrected chi connectivity index (χ1v) is 11.2. The highest BCUT2D eigenvalue weighted by molar-refractivity contribution is 7.92. The maximum absolute atomic E-state index is 12.5. The third-order valence-corrected chi connectivity index (χ3v) is 5.67. The van der Waals surface area contributed by atoms with Gasteiger partial charge in [0, 0.05) is 5.56 Å². The van der Waals surface area contributed by atoms with Gasteiger partial charge < -0.3 is 9.84 Å². The van der Waals surface area contributed by atoms with Crippen molar-refractivity contribution in [3.63, 3.8) is 0 Å². The van der Waals surface area contributed by atoms with Gasteiger partial charge in [0.25, 0.3) is 0 Å². The molecule has 1 heterocycles. The predicted octanol–water partition coefficient (Wildman–Crippen LogP) is 2.74. The standard InChI is InChI=1S/C21H24N4O4S/c1-14-7-5-10-17(11-14)21-23-19(29-24-21)12-22-18(26)13-25(30(4,27)28)20-15(2)8-6-9-16(20)3/h5-11H,12-13H2,1-4H3,(H,22,26). The smallest absolute Gasteiger partial charge is 0.246 e. The highest BCUT2D eigenvalue weighted by Crippen LogP contribution is 2.26. The number of nitrogens with zero attached hydrogens (tertiary/aromatic N) is 3. The number of benzene rings is 2. The van der Waals surface area contributed by atoms with Crippen LogP contribution in [0.1, 0.15) is 22.6 Å². The average molecular weight is 429 g/mol. The fourth-order valence-electron chi connectivity index (χ4n) is 3.15. The number of nitrogens with one attached hydrogen (secondary N) is 1. The summed E-state index contributed by atoms with van der Waals surface area (Å²) in [6.45, 7) is 5.24. The number of hydrogen-bond donors (Lipinski definition) is 1. The van der Waals surface area contributed by atoms with E-state index < -0.39 is 15.9 Å². The quantitative estimate of drug-likeness (QED) is 0.620. The van der Waals surface area contributed by atoms with Crippen LogP contribution in [0.4, 0.5) is 5.69 Å². The lowest BCUT2D eigenvalue weighted by Gasteiger charge is -2.25. The van der Waals surface area contributed by atoms with Gasteiger partial charge >= 0.3 is 0 Å². The number of para-hydroxylation sites is 1. The van der Waals surface area contributed by atoms with E-state index in [2.05, 4.69) is 15.5 Å². The lowest BCUT2D eigenvalue weighted by molar-refractivity contribution is -0.119. The van der Waals surface area contributed by atoms with E-state index in [1.165, 1.54) is 0 Å². The van der Waals surface area contributed by atoms with Gasteiger partial charge in [-0.1, -0.05) is 47.1 Å². The van der Waals surface area contributed by atoms with E-state index in [-0.39, 0.29) is 19.0 Å². The summed E-state index contributed by atoms with van der Waals surface area (Å²) in [6.07, 6.45) is 1.08. The molecule has 0 saturated heterocycles. The average Bonchev–Trinajstić information content (AvgIpc) is 3.14. The van der Waals surface area contributed by atoms with Crippen LogP contribution in [-0.2, 0) is 21.4 Å². The van der Waals surface area contributed by atoms with Crippen molar-refractivity contribution in [3.8, 4) is 11.4 Å². The number of hydrogen-bond acceptors (Lipinski definition) is 6. The zero-order valence-electron chi connectivity index (χ0n) is 17.3. The first-order valence-electron chi connectivity index (χ1n) is 9.35. The van der Waals surface area contributed by atoms with Gasteiger partial charge in [0.05, 0.1) is 18.5 Å². The van der Waals surface area contributed by atoms with Crippen LogP contribution in [-0.4, -0.2) is 37.3 Å². The third-order valence-electron chi connectivity index (χ3n) is 4.56. The fourth-order valence-corrected chi connectivity index (χ4v) is 4.12. The van der Waals surface area contributed by atoms with E-state index in [0.29, 0.717) is 11.5 Å². The summed E-state index contributed by atoms with van der Waals surface area (Å²) in [4.78, 5) is 16.8. The summed E-state index contributed by atoms with van der Waals surface area (Å²) in [5, 5.41) is 6.58. The van der Waals surface area contributed by atoms with E-state index in [4.69, 9.17) is 4.52 Å². The molecule has 0 radical (unpaired) electrons. The van der Waals surface area contributed by atoms with Crippen LogP contribution in [0.5, 0.6) is 0 Å². The monoisotopic (exact) mass is 428 g/mol. The molecule has 0 unspecified atom stereocenters. The van der Waals surface area contributed by atoms with Crippen molar-refractivity contribution < 1.29 is 17.7 Å². The second kappa shape index (κ2) is 8.66. The Hall–Kier alpha value is -3.20. The molecule has 0 aliphatic rings. The normalized spacial score (nSPS) is 11.3. The molecule has 8 nitrogen and oxygen atoms in total. The van der Waals surface area contributed by atoms with E-state index in [1.807, 2.05) is 63.2 Å². The number of anilines is 1. The van der Waals surface area contributed by atoms with E-state index in [9.17, 15) is 13.2 Å². The molecule has 0 atom stereocenters. The van der Waals surface area contributed by atoms with Gasteiger partial charge in [-0.15, -0.1) is 0 Å². The van der Waals surface area contributed by atoms with Gasteiger partial charge in [-0.3, -0.25) is 9.10 Å². The van der Waals surface area contributed by atoms with Crippen LogP contribution in [0.2, 0.25) is 0 Å². The molecule has 3 rings (SSSR count). The number of sulfonamides is 1. The number of carbonyl (C=O) groups is 1. The molecule has 1 N–H and O–H groups in total. The Morgan fingerprint density at radius 2 is 1.77 bits per heavy atom. The van der Waals surface area contributed by atoms with Crippen molar-refractivity contribution >= 4 is 21.6 Å². The number of carbonyl (C=O) groups excluding carboxylic acids is 1. The summed E-state index contributed by atoms with van der Waals surface area (Å²) in [5.41, 5.74) is 3.93. The molecular formula is C21H24N4O4S. The molecule has 0 aliphatic carbocycles. The van der Waals surface area contributed by atoms with Crippen LogP contribution in [0, 0.1) is 20.8 Å². The second-order valence-corrected chi connectivity index (χ2v) is 9.07. The van der Waals surface area contributed by atoms with Crippen molar-refractivity contribution in [1.82, 2.24) is 15.5 Å². The van der Waals surface area contributed by atoms with E-state index in [0.717, 1.165) is 32.8 Å². The molecule has 1 aromatic heterocycles. The Morgan fingerprint density at radius 1 is 1.10 bits per heavy atom. The summed E-state index contributed by atoms with van der Waals surface area (Å²) < 4.78 is 31.0. The van der Waals surface area contributed by atoms with Gasteiger partial charge in [0.15, 0.2) is 0 Å². The summed E-state index contributed by atoms with van der Waals surface area (Å²) in [5.74, 6) is 0.187. The highest BCUT2D eigenvalue weighted by Gasteiger charge is 2.24. The molecule has 0 saturated carbocycles. The van der Waals surface area contributed by atoms with Gasteiger partial charge in [-0.2, -0.15) is 4.98 Å². The molecule has 0 bridgehead atoms.